The monoisotopic (exact) mass is 365 g/mol. The molecule has 2 aliphatic rings. The zero-order valence-corrected chi connectivity index (χ0v) is 15.7. The first-order valence-electron chi connectivity index (χ1n) is 9.96. The molecule has 142 valence electrons. The summed E-state index contributed by atoms with van der Waals surface area (Å²) in [6.07, 6.45) is 6.57. The Kier molecular flexibility index (Phi) is 5.68. The van der Waals surface area contributed by atoms with Gasteiger partial charge in [0.15, 0.2) is 0 Å². The highest BCUT2D eigenvalue weighted by Crippen LogP contribution is 2.23. The summed E-state index contributed by atoms with van der Waals surface area (Å²) in [7, 11) is 0. The quantitative estimate of drug-likeness (QED) is 0.787. The smallest absolute Gasteiger partial charge is 0.254 e. The van der Waals surface area contributed by atoms with Crippen molar-refractivity contribution in [2.24, 2.45) is 0 Å². The van der Waals surface area contributed by atoms with Crippen LogP contribution in [0.5, 0.6) is 5.75 Å². The van der Waals surface area contributed by atoms with Gasteiger partial charge in [-0.2, -0.15) is 0 Å². The fraction of sp³-hybridized carbons (Fsp3) is 0.455. The van der Waals surface area contributed by atoms with E-state index in [4.69, 9.17) is 4.74 Å². The van der Waals surface area contributed by atoms with Crippen molar-refractivity contribution in [2.45, 2.75) is 38.3 Å². The Labute approximate surface area is 161 Å². The summed E-state index contributed by atoms with van der Waals surface area (Å²) >= 11 is 0. The van der Waals surface area contributed by atoms with Crippen molar-refractivity contribution in [2.75, 3.05) is 26.2 Å². The van der Waals surface area contributed by atoms with Gasteiger partial charge in [0.05, 0.1) is 5.69 Å². The fourth-order valence-electron chi connectivity index (χ4n) is 4.06. The molecule has 2 fully saturated rings. The van der Waals surface area contributed by atoms with Gasteiger partial charge in [0.2, 0.25) is 0 Å². The first kappa shape index (κ1) is 18.0. The van der Waals surface area contributed by atoms with Gasteiger partial charge < -0.3 is 14.5 Å². The van der Waals surface area contributed by atoms with Crippen molar-refractivity contribution in [3.8, 4) is 5.75 Å². The summed E-state index contributed by atoms with van der Waals surface area (Å²) in [5.74, 6) is 0.903. The van der Waals surface area contributed by atoms with Gasteiger partial charge in [0.1, 0.15) is 12.4 Å². The molecule has 1 amide bonds. The maximum Gasteiger partial charge on any atom is 0.254 e. The summed E-state index contributed by atoms with van der Waals surface area (Å²) in [5.41, 5.74) is 1.63. The van der Waals surface area contributed by atoms with Crippen LogP contribution in [-0.2, 0) is 6.61 Å². The van der Waals surface area contributed by atoms with Gasteiger partial charge in [-0.3, -0.25) is 9.78 Å². The second-order valence-electron chi connectivity index (χ2n) is 7.44. The van der Waals surface area contributed by atoms with Crippen molar-refractivity contribution >= 4 is 5.91 Å². The molecular formula is C22H27N3O2. The summed E-state index contributed by atoms with van der Waals surface area (Å²) < 4.78 is 5.77. The number of amides is 1. The van der Waals surface area contributed by atoms with Gasteiger partial charge in [-0.1, -0.05) is 6.07 Å². The lowest BCUT2D eigenvalue weighted by Gasteiger charge is -2.28. The largest absolute Gasteiger partial charge is 0.487 e. The summed E-state index contributed by atoms with van der Waals surface area (Å²) in [6, 6.07) is 13.6. The Morgan fingerprint density at radius 3 is 2.59 bits per heavy atom. The molecule has 2 saturated heterocycles. The van der Waals surface area contributed by atoms with Crippen molar-refractivity contribution in [1.29, 1.82) is 0 Å². The number of hydrogen-bond donors (Lipinski definition) is 0. The molecule has 0 spiro atoms. The van der Waals surface area contributed by atoms with E-state index in [1.807, 2.05) is 42.5 Å². The lowest BCUT2D eigenvalue weighted by Crippen LogP contribution is -2.42. The number of carbonyl (C=O) groups excluding carboxylic acids is 1. The third kappa shape index (κ3) is 4.48. The summed E-state index contributed by atoms with van der Waals surface area (Å²) in [6.45, 7) is 4.69. The van der Waals surface area contributed by atoms with Crippen molar-refractivity contribution < 1.29 is 9.53 Å². The molecule has 0 bridgehead atoms. The second kappa shape index (κ2) is 8.53. The standard InChI is InChI=1S/C22H27N3O2/c26-22(25-15-5-7-20(25)16-24-13-3-4-14-24)18-8-10-21(11-9-18)27-17-19-6-1-2-12-23-19/h1-2,6,8-12,20H,3-5,7,13-17H2. The van der Waals surface area contributed by atoms with E-state index in [-0.39, 0.29) is 5.91 Å². The lowest BCUT2D eigenvalue weighted by atomic mass is 10.1. The molecule has 3 heterocycles. The van der Waals surface area contributed by atoms with Crippen LogP contribution in [0.1, 0.15) is 41.7 Å². The van der Waals surface area contributed by atoms with Crippen LogP contribution in [0, 0.1) is 0 Å². The molecule has 0 aliphatic carbocycles. The van der Waals surface area contributed by atoms with Crippen LogP contribution in [0.4, 0.5) is 0 Å². The van der Waals surface area contributed by atoms with E-state index in [9.17, 15) is 4.79 Å². The molecular weight excluding hydrogens is 338 g/mol. The van der Waals surface area contributed by atoms with E-state index >= 15 is 0 Å². The predicted molar refractivity (Wildman–Crippen MR) is 105 cm³/mol. The molecule has 1 unspecified atom stereocenters. The molecule has 0 radical (unpaired) electrons. The number of carbonyl (C=O) groups is 1. The maximum absolute atomic E-state index is 13.0. The number of hydrogen-bond acceptors (Lipinski definition) is 4. The second-order valence-corrected chi connectivity index (χ2v) is 7.44. The molecule has 4 rings (SSSR count). The molecule has 5 heteroatoms. The molecule has 0 N–H and O–H groups in total. The van der Waals surface area contributed by atoms with E-state index in [1.165, 1.54) is 25.9 Å². The Morgan fingerprint density at radius 2 is 1.85 bits per heavy atom. The van der Waals surface area contributed by atoms with Gasteiger partial charge in [-0.15, -0.1) is 0 Å². The van der Waals surface area contributed by atoms with E-state index < -0.39 is 0 Å². The Bertz CT molecular complexity index is 742. The highest BCUT2D eigenvalue weighted by molar-refractivity contribution is 5.94. The molecule has 1 aromatic heterocycles. The van der Waals surface area contributed by atoms with Crippen molar-refractivity contribution in [1.82, 2.24) is 14.8 Å². The minimum atomic E-state index is 0.146. The first-order valence-corrected chi connectivity index (χ1v) is 9.96. The lowest BCUT2D eigenvalue weighted by molar-refractivity contribution is 0.0708. The van der Waals surface area contributed by atoms with Crippen molar-refractivity contribution in [3.63, 3.8) is 0 Å². The first-order chi connectivity index (χ1) is 13.3. The van der Waals surface area contributed by atoms with Crippen molar-refractivity contribution in [3.05, 3.63) is 59.9 Å². The molecule has 2 aliphatic heterocycles. The van der Waals surface area contributed by atoms with Crippen LogP contribution >= 0.6 is 0 Å². The topological polar surface area (TPSA) is 45.7 Å². The number of likely N-dealkylation sites (tertiary alicyclic amines) is 2. The van der Waals surface area contributed by atoms with Crippen LogP contribution in [0.25, 0.3) is 0 Å². The molecule has 27 heavy (non-hydrogen) atoms. The zero-order valence-electron chi connectivity index (χ0n) is 15.7. The number of rotatable bonds is 6. The summed E-state index contributed by atoms with van der Waals surface area (Å²) in [4.78, 5) is 21.8. The number of aromatic nitrogens is 1. The van der Waals surface area contributed by atoms with Gasteiger partial charge in [0.25, 0.3) is 5.91 Å². The van der Waals surface area contributed by atoms with Crippen LogP contribution in [-0.4, -0.2) is 52.9 Å². The summed E-state index contributed by atoms with van der Waals surface area (Å²) in [5, 5.41) is 0. The SMILES string of the molecule is O=C(c1ccc(OCc2ccccn2)cc1)N1CCCC1CN1CCCC1. The van der Waals surface area contributed by atoms with Crippen LogP contribution in [0.3, 0.4) is 0 Å². The minimum absolute atomic E-state index is 0.146. The fourth-order valence-corrected chi connectivity index (χ4v) is 4.06. The Hall–Kier alpha value is -2.40. The average Bonchev–Trinajstić information content (AvgIpc) is 3.40. The van der Waals surface area contributed by atoms with Crippen LogP contribution < -0.4 is 4.74 Å². The number of benzene rings is 1. The third-order valence-electron chi connectivity index (χ3n) is 5.52. The number of ether oxygens (including phenoxy) is 1. The van der Waals surface area contributed by atoms with Crippen LogP contribution in [0.2, 0.25) is 0 Å². The van der Waals surface area contributed by atoms with Gasteiger partial charge >= 0.3 is 0 Å². The zero-order chi connectivity index (χ0) is 18.5. The number of pyridine rings is 1. The van der Waals surface area contributed by atoms with E-state index in [0.717, 1.165) is 42.9 Å². The molecule has 5 nitrogen and oxygen atoms in total. The minimum Gasteiger partial charge on any atom is -0.487 e. The average molecular weight is 365 g/mol. The van der Waals surface area contributed by atoms with Gasteiger partial charge in [0, 0.05) is 30.9 Å². The van der Waals surface area contributed by atoms with Gasteiger partial charge in [-0.05, 0) is 75.2 Å². The highest BCUT2D eigenvalue weighted by atomic mass is 16.5. The van der Waals surface area contributed by atoms with Gasteiger partial charge in [-0.25, -0.2) is 0 Å². The Balaban J connectivity index is 1.35. The Morgan fingerprint density at radius 1 is 1.04 bits per heavy atom. The molecule has 2 aromatic rings. The maximum atomic E-state index is 13.0. The van der Waals surface area contributed by atoms with E-state index in [1.54, 1.807) is 6.20 Å². The molecule has 1 aromatic carbocycles. The van der Waals surface area contributed by atoms with E-state index in [2.05, 4.69) is 14.8 Å². The van der Waals surface area contributed by atoms with E-state index in [0.29, 0.717) is 12.6 Å². The molecule has 0 saturated carbocycles. The van der Waals surface area contributed by atoms with Crippen LogP contribution in [0.15, 0.2) is 48.7 Å². The number of nitrogens with zero attached hydrogens (tertiary/aromatic N) is 3. The third-order valence-corrected chi connectivity index (χ3v) is 5.52. The molecule has 1 atom stereocenters. The highest BCUT2D eigenvalue weighted by Gasteiger charge is 2.31. The predicted octanol–water partition coefficient (Wildman–Crippen LogP) is 3.36. The normalized spacial score (nSPS) is 20.1.